The van der Waals surface area contributed by atoms with Crippen molar-refractivity contribution in [3.05, 3.63) is 24.3 Å². The summed E-state index contributed by atoms with van der Waals surface area (Å²) in [5.41, 5.74) is 0. The normalized spacial score (nSPS) is 14.7. The van der Waals surface area contributed by atoms with E-state index in [2.05, 4.69) is 72.8 Å². The van der Waals surface area contributed by atoms with Crippen LogP contribution in [-0.2, 0) is 65.4 Å². The summed E-state index contributed by atoms with van der Waals surface area (Å²) in [6, 6.07) is 0. The number of rotatable bonds is 66. The number of phosphoric acid groups is 2. The zero-order valence-corrected chi connectivity index (χ0v) is 59.2. The van der Waals surface area contributed by atoms with E-state index in [1.54, 1.807) is 0 Å². The molecule has 0 aromatic carbocycles. The number of aliphatic hydroxyl groups is 1. The summed E-state index contributed by atoms with van der Waals surface area (Å²) in [6.45, 7) is 11.7. The molecule has 0 saturated heterocycles. The fraction of sp³-hybridized carbons (Fsp3) is 0.886. The monoisotopic (exact) mass is 1310 g/mol. The number of hydrogen-bond acceptors (Lipinski definition) is 15. The van der Waals surface area contributed by atoms with Crippen LogP contribution in [0.4, 0.5) is 0 Å². The van der Waals surface area contributed by atoms with Crippen LogP contribution in [0.1, 0.15) is 325 Å². The molecule has 0 radical (unpaired) electrons. The molecule has 0 aromatic rings. The number of allylic oxidation sites excluding steroid dienone is 4. The Labute approximate surface area is 542 Å². The summed E-state index contributed by atoms with van der Waals surface area (Å²) in [7, 11) is -9.91. The molecule has 89 heavy (non-hydrogen) atoms. The van der Waals surface area contributed by atoms with Crippen LogP contribution < -0.4 is 0 Å². The maximum absolute atomic E-state index is 13.0. The first kappa shape index (κ1) is 86.5. The Morgan fingerprint density at radius 1 is 0.371 bits per heavy atom. The van der Waals surface area contributed by atoms with Gasteiger partial charge in [-0.05, 0) is 69.1 Å². The average Bonchev–Trinajstić information content (AvgIpc) is 3.68. The van der Waals surface area contributed by atoms with Gasteiger partial charge in [-0.1, -0.05) is 272 Å². The summed E-state index contributed by atoms with van der Waals surface area (Å²) >= 11 is 0. The van der Waals surface area contributed by atoms with E-state index >= 15 is 0 Å². The molecule has 3 N–H and O–H groups in total. The Morgan fingerprint density at radius 2 is 0.663 bits per heavy atom. The van der Waals surface area contributed by atoms with E-state index in [0.717, 1.165) is 121 Å². The Hall–Kier alpha value is -2.46. The second-order valence-corrected chi connectivity index (χ2v) is 28.7. The van der Waals surface area contributed by atoms with E-state index in [9.17, 15) is 43.2 Å². The molecule has 0 saturated carbocycles. The van der Waals surface area contributed by atoms with Gasteiger partial charge in [0.25, 0.3) is 0 Å². The summed E-state index contributed by atoms with van der Waals surface area (Å²) in [5, 5.41) is 10.6. The van der Waals surface area contributed by atoms with Crippen molar-refractivity contribution in [2.45, 2.75) is 343 Å². The molecule has 0 amide bonds. The summed E-state index contributed by atoms with van der Waals surface area (Å²) in [6.07, 6.45) is 46.8. The van der Waals surface area contributed by atoms with Crippen molar-refractivity contribution >= 4 is 39.5 Å². The highest BCUT2D eigenvalue weighted by Gasteiger charge is 2.30. The van der Waals surface area contributed by atoms with E-state index in [1.165, 1.54) is 109 Å². The van der Waals surface area contributed by atoms with Gasteiger partial charge < -0.3 is 33.8 Å². The smallest absolute Gasteiger partial charge is 0.462 e. The third kappa shape index (κ3) is 62.7. The van der Waals surface area contributed by atoms with Gasteiger partial charge in [-0.2, -0.15) is 0 Å². The van der Waals surface area contributed by atoms with E-state index in [-0.39, 0.29) is 25.7 Å². The molecule has 0 bridgehead atoms. The SMILES string of the molecule is CCCCCC/C=C\C=C/CCCCCCCC(=O)OC[C@H](COP(=O)(O)OC[C@@H](O)COP(=O)(O)OC[C@@H](COC(=O)CCCCCCCCC(C)C)OC(=O)CCCCCCCCCCCCC(C)CC)OC(=O)CCCCCCCCCCC(C)C. The van der Waals surface area contributed by atoms with Gasteiger partial charge in [-0.25, -0.2) is 9.13 Å². The minimum absolute atomic E-state index is 0.0971. The predicted molar refractivity (Wildman–Crippen MR) is 358 cm³/mol. The molecular formula is C70H132O17P2. The molecule has 0 aliphatic rings. The number of aliphatic hydroxyl groups excluding tert-OH is 1. The molecule has 524 valence electrons. The lowest BCUT2D eigenvalue weighted by atomic mass is 9.99. The third-order valence-corrected chi connectivity index (χ3v) is 17.8. The standard InChI is InChI=1S/C70H132O17P2/c1-8-10-11-12-13-14-15-16-17-18-19-23-29-37-44-51-67(72)80-57-65(87-70(75)54-47-40-31-26-25-27-34-41-48-61(3)4)59-84-88(76,77)82-55-64(71)56-83-89(78,79)85-60-66(58-81-68(73)52-45-38-33-32-35-42-49-62(5)6)86-69(74)53-46-39-30-24-21-20-22-28-36-43-50-63(7)9-2/h14-17,61-66,71H,8-13,18-60H2,1-7H3,(H,76,77)(H,78,79)/b15-14-,17-16-/t63?,64-,65-,66-/m1/s1. The first-order valence-corrected chi connectivity index (χ1v) is 38.7. The zero-order chi connectivity index (χ0) is 65.9. The van der Waals surface area contributed by atoms with Crippen LogP contribution in [0.25, 0.3) is 0 Å². The number of carbonyl (C=O) groups excluding carboxylic acids is 4. The Balaban J connectivity index is 5.27. The molecule has 0 heterocycles. The Morgan fingerprint density at radius 3 is 1.00 bits per heavy atom. The van der Waals surface area contributed by atoms with Gasteiger partial charge >= 0.3 is 39.5 Å². The molecule has 6 atom stereocenters. The average molecular weight is 1310 g/mol. The molecule has 0 aromatic heterocycles. The van der Waals surface area contributed by atoms with Gasteiger partial charge in [0, 0.05) is 25.7 Å². The van der Waals surface area contributed by atoms with Crippen LogP contribution in [0.15, 0.2) is 24.3 Å². The van der Waals surface area contributed by atoms with Crippen molar-refractivity contribution < 1.29 is 80.2 Å². The van der Waals surface area contributed by atoms with Crippen LogP contribution in [-0.4, -0.2) is 96.7 Å². The molecule has 19 heteroatoms. The Bertz CT molecular complexity index is 1840. The number of phosphoric ester groups is 2. The van der Waals surface area contributed by atoms with Crippen molar-refractivity contribution in [3.8, 4) is 0 Å². The topological polar surface area (TPSA) is 237 Å². The lowest BCUT2D eigenvalue weighted by Crippen LogP contribution is -2.30. The van der Waals surface area contributed by atoms with Gasteiger partial charge in [-0.3, -0.25) is 37.3 Å². The van der Waals surface area contributed by atoms with Gasteiger partial charge in [0.1, 0.15) is 19.3 Å². The summed E-state index contributed by atoms with van der Waals surface area (Å²) < 4.78 is 68.2. The molecular weight excluding hydrogens is 1170 g/mol. The number of unbranched alkanes of at least 4 members (excludes halogenated alkanes) is 30. The fourth-order valence-electron chi connectivity index (χ4n) is 9.97. The highest BCUT2D eigenvalue weighted by molar-refractivity contribution is 7.47. The second kappa shape index (κ2) is 60.5. The van der Waals surface area contributed by atoms with Gasteiger partial charge in [-0.15, -0.1) is 0 Å². The van der Waals surface area contributed by atoms with Crippen LogP contribution in [0, 0.1) is 17.8 Å². The highest BCUT2D eigenvalue weighted by atomic mass is 31.2. The number of carbonyl (C=O) groups is 4. The number of hydrogen-bond donors (Lipinski definition) is 3. The van der Waals surface area contributed by atoms with Crippen molar-refractivity contribution in [1.29, 1.82) is 0 Å². The quantitative estimate of drug-likeness (QED) is 0.0169. The fourth-order valence-corrected chi connectivity index (χ4v) is 11.5. The van der Waals surface area contributed by atoms with Crippen LogP contribution in [0.5, 0.6) is 0 Å². The zero-order valence-electron chi connectivity index (χ0n) is 57.4. The first-order chi connectivity index (χ1) is 42.8. The molecule has 0 fully saturated rings. The van der Waals surface area contributed by atoms with Crippen molar-refractivity contribution in [2.24, 2.45) is 17.8 Å². The number of esters is 4. The maximum Gasteiger partial charge on any atom is 0.472 e. The largest absolute Gasteiger partial charge is 0.472 e. The minimum Gasteiger partial charge on any atom is -0.462 e. The third-order valence-electron chi connectivity index (χ3n) is 15.9. The second-order valence-electron chi connectivity index (χ2n) is 25.8. The van der Waals surface area contributed by atoms with Gasteiger partial charge in [0.2, 0.25) is 0 Å². The molecule has 0 rings (SSSR count). The lowest BCUT2D eigenvalue weighted by molar-refractivity contribution is -0.161. The first-order valence-electron chi connectivity index (χ1n) is 35.7. The van der Waals surface area contributed by atoms with Crippen LogP contribution in [0.3, 0.4) is 0 Å². The molecule has 0 aliphatic heterocycles. The predicted octanol–water partition coefficient (Wildman–Crippen LogP) is 19.4. The van der Waals surface area contributed by atoms with Crippen molar-refractivity contribution in [3.63, 3.8) is 0 Å². The Kier molecular flexibility index (Phi) is 58.8. The molecule has 0 spiro atoms. The summed E-state index contributed by atoms with van der Waals surface area (Å²) in [4.78, 5) is 72.5. The van der Waals surface area contributed by atoms with E-state index in [4.69, 9.17) is 37.0 Å². The lowest BCUT2D eigenvalue weighted by Gasteiger charge is -2.21. The van der Waals surface area contributed by atoms with E-state index in [1.807, 2.05) is 0 Å². The van der Waals surface area contributed by atoms with Crippen molar-refractivity contribution in [1.82, 2.24) is 0 Å². The van der Waals surface area contributed by atoms with Crippen LogP contribution >= 0.6 is 15.6 Å². The summed E-state index contributed by atoms with van der Waals surface area (Å²) in [5.74, 6) is 0.0334. The van der Waals surface area contributed by atoms with E-state index < -0.39 is 97.5 Å². The molecule has 0 aliphatic carbocycles. The van der Waals surface area contributed by atoms with Crippen molar-refractivity contribution in [2.75, 3.05) is 39.6 Å². The molecule has 17 nitrogen and oxygen atoms in total. The number of ether oxygens (including phenoxy) is 4. The molecule has 3 unspecified atom stereocenters. The minimum atomic E-state index is -4.96. The van der Waals surface area contributed by atoms with Gasteiger partial charge in [0.15, 0.2) is 12.2 Å². The highest BCUT2D eigenvalue weighted by Crippen LogP contribution is 2.45. The maximum atomic E-state index is 13.0. The van der Waals surface area contributed by atoms with Gasteiger partial charge in [0.05, 0.1) is 26.4 Å². The van der Waals surface area contributed by atoms with Crippen LogP contribution in [0.2, 0.25) is 0 Å². The van der Waals surface area contributed by atoms with E-state index in [0.29, 0.717) is 37.5 Å².